The smallest absolute Gasteiger partial charge is 0.105 e. The van der Waals surface area contributed by atoms with E-state index in [4.69, 9.17) is 0 Å². The van der Waals surface area contributed by atoms with Crippen LogP contribution in [-0.4, -0.2) is 0 Å². The molecule has 3 heteroatoms. The van der Waals surface area contributed by atoms with E-state index in [9.17, 15) is 0 Å². The number of fused-ring (bicyclic) bond motifs is 6. The van der Waals surface area contributed by atoms with Gasteiger partial charge in [0.25, 0.3) is 0 Å². The maximum Gasteiger partial charge on any atom is 0.105 e. The van der Waals surface area contributed by atoms with E-state index >= 15 is 0 Å². The first-order valence-electron chi connectivity index (χ1n) is 17.5. The lowest BCUT2D eigenvalue weighted by molar-refractivity contribution is 0.660. The van der Waals surface area contributed by atoms with Crippen LogP contribution in [0.3, 0.4) is 0 Å². The number of nitrogens with zero attached hydrogens (tertiary/aromatic N) is 2. The molecule has 0 saturated heterocycles. The predicted octanol–water partition coefficient (Wildman–Crippen LogP) is 13.6. The number of hydrogen-bond acceptors (Lipinski definition) is 3. The molecule has 0 atom stereocenters. The first-order chi connectivity index (χ1) is 24.2. The Morgan fingerprint density at radius 2 is 0.820 bits per heavy atom. The maximum absolute atomic E-state index is 2.45. The van der Waals surface area contributed by atoms with Gasteiger partial charge in [0.15, 0.2) is 0 Å². The molecule has 0 amide bonds. The van der Waals surface area contributed by atoms with E-state index in [1.54, 1.807) is 0 Å². The van der Waals surface area contributed by atoms with Gasteiger partial charge in [0.05, 0.1) is 0 Å². The van der Waals surface area contributed by atoms with Crippen molar-refractivity contribution in [2.24, 2.45) is 0 Å². The van der Waals surface area contributed by atoms with Gasteiger partial charge in [-0.05, 0) is 112 Å². The van der Waals surface area contributed by atoms with E-state index < -0.39 is 0 Å². The van der Waals surface area contributed by atoms with E-state index in [-0.39, 0.29) is 10.8 Å². The minimum atomic E-state index is -0.0783. The Morgan fingerprint density at radius 1 is 0.400 bits per heavy atom. The van der Waals surface area contributed by atoms with Crippen LogP contribution in [-0.2, 0) is 10.8 Å². The van der Waals surface area contributed by atoms with Crippen molar-refractivity contribution in [3.05, 3.63) is 179 Å². The van der Waals surface area contributed by atoms with E-state index in [1.165, 1.54) is 71.4 Å². The molecule has 50 heavy (non-hydrogen) atoms. The Kier molecular flexibility index (Phi) is 6.95. The van der Waals surface area contributed by atoms with Crippen molar-refractivity contribution >= 4 is 44.1 Å². The molecule has 7 aromatic rings. The normalized spacial score (nSPS) is 14.4. The number of para-hydroxylation sites is 2. The lowest BCUT2D eigenvalue weighted by atomic mass is 9.82. The fraction of sp³-hybridized carbons (Fsp3) is 0.149. The van der Waals surface area contributed by atoms with Crippen molar-refractivity contribution in [3.63, 3.8) is 0 Å². The fourth-order valence-electron chi connectivity index (χ4n) is 8.39. The number of hydrogen-bond donors (Lipinski definition) is 0. The summed E-state index contributed by atoms with van der Waals surface area (Å²) in [6, 6.07) is 55.9. The predicted molar refractivity (Wildman–Crippen MR) is 214 cm³/mol. The van der Waals surface area contributed by atoms with Crippen LogP contribution in [0.5, 0.6) is 0 Å². The molecule has 6 aromatic carbocycles. The second kappa shape index (κ2) is 11.3. The van der Waals surface area contributed by atoms with E-state index in [1.807, 2.05) is 11.3 Å². The summed E-state index contributed by atoms with van der Waals surface area (Å²) in [5.74, 6) is 0. The fourth-order valence-corrected chi connectivity index (χ4v) is 9.65. The molecule has 1 heterocycles. The molecular weight excluding hydrogens is 625 g/mol. The van der Waals surface area contributed by atoms with Crippen molar-refractivity contribution in [2.75, 3.05) is 9.80 Å². The zero-order valence-corrected chi connectivity index (χ0v) is 30.1. The number of benzene rings is 6. The SMILES string of the molecule is Cc1cc(N(c2ccccc2)c2ccc3c(c2)C(C)(C)c2ccccc2-3)sc1N(c1ccccc1)c1ccc2c(c1)C(C)(C)c1ccccc1-2. The number of anilines is 6. The second-order valence-electron chi connectivity index (χ2n) is 14.7. The molecule has 2 aliphatic rings. The van der Waals surface area contributed by atoms with Gasteiger partial charge in [-0.1, -0.05) is 136 Å². The molecule has 1 aromatic heterocycles. The van der Waals surface area contributed by atoms with Gasteiger partial charge in [-0.15, -0.1) is 0 Å². The van der Waals surface area contributed by atoms with Gasteiger partial charge in [0, 0.05) is 33.6 Å². The number of rotatable bonds is 6. The summed E-state index contributed by atoms with van der Waals surface area (Å²) in [6.45, 7) is 11.7. The Balaban J connectivity index is 1.19. The molecule has 0 fully saturated rings. The second-order valence-corrected chi connectivity index (χ2v) is 15.7. The largest absolute Gasteiger partial charge is 0.302 e. The van der Waals surface area contributed by atoms with Gasteiger partial charge in [-0.3, -0.25) is 0 Å². The molecule has 2 aliphatic carbocycles. The zero-order chi connectivity index (χ0) is 34.2. The van der Waals surface area contributed by atoms with E-state index in [0.717, 1.165) is 11.4 Å². The monoisotopic (exact) mass is 664 g/mol. The summed E-state index contributed by atoms with van der Waals surface area (Å²) in [4.78, 5) is 4.89. The van der Waals surface area contributed by atoms with Crippen LogP contribution in [0.4, 0.5) is 32.8 Å². The first kappa shape index (κ1) is 30.7. The molecule has 0 spiro atoms. The van der Waals surface area contributed by atoms with Crippen LogP contribution in [0.25, 0.3) is 22.3 Å². The summed E-state index contributed by atoms with van der Waals surface area (Å²) in [5, 5.41) is 2.40. The van der Waals surface area contributed by atoms with Crippen molar-refractivity contribution < 1.29 is 0 Å². The van der Waals surface area contributed by atoms with Crippen molar-refractivity contribution in [3.8, 4) is 22.3 Å². The van der Waals surface area contributed by atoms with Gasteiger partial charge in [0.2, 0.25) is 0 Å². The van der Waals surface area contributed by atoms with Gasteiger partial charge >= 0.3 is 0 Å². The molecule has 2 nitrogen and oxygen atoms in total. The molecule has 0 N–H and O–H groups in total. The Labute approximate surface area is 299 Å². The highest BCUT2D eigenvalue weighted by Gasteiger charge is 2.37. The third-order valence-electron chi connectivity index (χ3n) is 11.0. The third-order valence-corrected chi connectivity index (χ3v) is 12.2. The zero-order valence-electron chi connectivity index (χ0n) is 29.2. The summed E-state index contributed by atoms with van der Waals surface area (Å²) in [7, 11) is 0. The molecular formula is C47H40N2S. The lowest BCUT2D eigenvalue weighted by Crippen LogP contribution is -2.16. The summed E-state index contributed by atoms with van der Waals surface area (Å²) >= 11 is 1.85. The minimum Gasteiger partial charge on any atom is -0.302 e. The third kappa shape index (κ3) is 4.60. The van der Waals surface area contributed by atoms with E-state index in [2.05, 4.69) is 196 Å². The van der Waals surface area contributed by atoms with Crippen LogP contribution in [0, 0.1) is 6.92 Å². The molecule has 244 valence electrons. The average molecular weight is 665 g/mol. The highest BCUT2D eigenvalue weighted by atomic mass is 32.1. The molecule has 0 aliphatic heterocycles. The van der Waals surface area contributed by atoms with Crippen LogP contribution in [0.15, 0.2) is 152 Å². The van der Waals surface area contributed by atoms with Crippen LogP contribution in [0.1, 0.15) is 55.5 Å². The Morgan fingerprint density at radius 3 is 1.34 bits per heavy atom. The number of thiophene rings is 1. The standard InChI is InChI=1S/C47H40N2S/c1-31-28-44(48(32-16-8-6-9-17-32)34-24-26-38-36-20-12-14-22-40(36)46(2,3)42(38)29-34)50-45(31)49(33-18-10-7-11-19-33)35-25-27-39-37-21-13-15-23-41(37)47(4,5)43(39)30-35/h6-30H,1-5H3. The van der Waals surface area contributed by atoms with Gasteiger partial charge in [0.1, 0.15) is 10.0 Å². The highest BCUT2D eigenvalue weighted by Crippen LogP contribution is 2.54. The summed E-state index contributed by atoms with van der Waals surface area (Å²) in [6.07, 6.45) is 0. The molecule has 9 rings (SSSR count). The minimum absolute atomic E-state index is 0.0774. The van der Waals surface area contributed by atoms with Crippen molar-refractivity contribution in [2.45, 2.75) is 45.4 Å². The quantitative estimate of drug-likeness (QED) is 0.175. The first-order valence-corrected chi connectivity index (χ1v) is 18.3. The molecule has 0 radical (unpaired) electrons. The molecule has 0 bridgehead atoms. The topological polar surface area (TPSA) is 6.48 Å². The summed E-state index contributed by atoms with van der Waals surface area (Å²) in [5.41, 5.74) is 16.6. The average Bonchev–Trinajstić information content (AvgIpc) is 3.70. The maximum atomic E-state index is 2.45. The molecule has 0 unspecified atom stereocenters. The summed E-state index contributed by atoms with van der Waals surface area (Å²) < 4.78 is 0. The highest BCUT2D eigenvalue weighted by molar-refractivity contribution is 7.20. The lowest BCUT2D eigenvalue weighted by Gasteiger charge is -2.28. The van der Waals surface area contributed by atoms with Crippen LogP contribution >= 0.6 is 11.3 Å². The van der Waals surface area contributed by atoms with Gasteiger partial charge in [-0.25, -0.2) is 0 Å². The van der Waals surface area contributed by atoms with Crippen LogP contribution < -0.4 is 9.80 Å². The Hall–Kier alpha value is -5.38. The number of aryl methyl sites for hydroxylation is 1. The van der Waals surface area contributed by atoms with Crippen molar-refractivity contribution in [1.82, 2.24) is 0 Å². The molecule has 0 saturated carbocycles. The van der Waals surface area contributed by atoms with E-state index in [0.29, 0.717) is 0 Å². The van der Waals surface area contributed by atoms with Gasteiger partial charge < -0.3 is 9.80 Å². The Bertz CT molecular complexity index is 2400. The van der Waals surface area contributed by atoms with Crippen LogP contribution in [0.2, 0.25) is 0 Å². The van der Waals surface area contributed by atoms with Gasteiger partial charge in [-0.2, -0.15) is 0 Å². The van der Waals surface area contributed by atoms with Crippen molar-refractivity contribution in [1.29, 1.82) is 0 Å².